The lowest BCUT2D eigenvalue weighted by atomic mass is 10.1. The fourth-order valence-corrected chi connectivity index (χ4v) is 5.54. The number of hydrazone groups is 2. The maximum Gasteiger partial charge on any atom is 0.265 e. The summed E-state index contributed by atoms with van der Waals surface area (Å²) in [6.07, 6.45) is 3.64. The van der Waals surface area contributed by atoms with E-state index in [9.17, 15) is 19.2 Å². The first-order valence-corrected chi connectivity index (χ1v) is 16.6. The Bertz CT molecular complexity index is 1570. The fraction of sp³-hybridized carbons (Fsp3) is 0.235. The zero-order valence-corrected chi connectivity index (χ0v) is 27.3. The highest BCUT2D eigenvalue weighted by Gasteiger charge is 2.10. The Morgan fingerprint density at radius 1 is 0.587 bits per heavy atom. The van der Waals surface area contributed by atoms with E-state index >= 15 is 0 Å². The molecular weight excluding hydrogens is 621 g/mol. The third kappa shape index (κ3) is 10.9. The van der Waals surface area contributed by atoms with Crippen molar-refractivity contribution in [1.29, 1.82) is 0 Å². The smallest absolute Gasteiger partial charge is 0.265 e. The van der Waals surface area contributed by atoms with E-state index < -0.39 is 0 Å². The van der Waals surface area contributed by atoms with Crippen molar-refractivity contribution < 1.29 is 19.2 Å². The number of benzene rings is 2. The summed E-state index contributed by atoms with van der Waals surface area (Å²) in [4.78, 5) is 50.4. The van der Waals surface area contributed by atoms with E-state index in [4.69, 9.17) is 0 Å². The summed E-state index contributed by atoms with van der Waals surface area (Å²) < 4.78 is 0. The first kappa shape index (κ1) is 33.9. The van der Waals surface area contributed by atoms with Gasteiger partial charge in [0.05, 0.1) is 21.2 Å². The SMILES string of the molecule is C/C(=N\NC(=O)CCCCCCC(=O)N/N=C(\C)c1cccc(NC(=O)c2cccs2)c1)c1cccc(NC(=O)c2cccs2)c1. The number of hydrogen-bond donors (Lipinski definition) is 4. The van der Waals surface area contributed by atoms with Crippen LogP contribution in [0.1, 0.15) is 82.8 Å². The Labute approximate surface area is 276 Å². The van der Waals surface area contributed by atoms with Crippen molar-refractivity contribution >= 4 is 69.1 Å². The minimum Gasteiger partial charge on any atom is -0.321 e. The molecule has 0 unspecified atom stereocenters. The van der Waals surface area contributed by atoms with Crippen LogP contribution in [-0.2, 0) is 9.59 Å². The molecule has 0 fully saturated rings. The van der Waals surface area contributed by atoms with E-state index in [1.807, 2.05) is 59.3 Å². The molecule has 2 aromatic carbocycles. The van der Waals surface area contributed by atoms with Crippen molar-refractivity contribution in [3.8, 4) is 0 Å². The molecule has 0 bridgehead atoms. The van der Waals surface area contributed by atoms with Crippen LogP contribution in [0.15, 0.2) is 93.8 Å². The minimum atomic E-state index is -0.181. The molecule has 4 N–H and O–H groups in total. The lowest BCUT2D eigenvalue weighted by molar-refractivity contribution is -0.122. The molecule has 0 saturated carbocycles. The van der Waals surface area contributed by atoms with Crippen molar-refractivity contribution in [1.82, 2.24) is 10.9 Å². The van der Waals surface area contributed by atoms with Crippen LogP contribution in [0.4, 0.5) is 11.4 Å². The molecule has 0 aliphatic rings. The average molecular weight is 657 g/mol. The zero-order chi connectivity index (χ0) is 32.7. The van der Waals surface area contributed by atoms with Crippen LogP contribution in [0.5, 0.6) is 0 Å². The van der Waals surface area contributed by atoms with E-state index in [0.29, 0.717) is 58.2 Å². The van der Waals surface area contributed by atoms with E-state index in [2.05, 4.69) is 31.7 Å². The second-order valence-corrected chi connectivity index (χ2v) is 12.3. The van der Waals surface area contributed by atoms with Crippen LogP contribution in [0, 0.1) is 0 Å². The van der Waals surface area contributed by atoms with E-state index in [-0.39, 0.29) is 23.6 Å². The van der Waals surface area contributed by atoms with Gasteiger partial charge in [0.15, 0.2) is 0 Å². The highest BCUT2D eigenvalue weighted by Crippen LogP contribution is 2.17. The molecule has 4 amide bonds. The second kappa shape index (κ2) is 17.5. The van der Waals surface area contributed by atoms with E-state index in [1.54, 1.807) is 38.1 Å². The van der Waals surface area contributed by atoms with Gasteiger partial charge in [0, 0.05) is 24.2 Å². The van der Waals surface area contributed by atoms with Crippen LogP contribution in [0.3, 0.4) is 0 Å². The predicted octanol–water partition coefficient (Wildman–Crippen LogP) is 7.04. The Kier molecular flexibility index (Phi) is 12.9. The number of nitrogens with zero attached hydrogens (tertiary/aromatic N) is 2. The summed E-state index contributed by atoms with van der Waals surface area (Å²) in [5, 5.41) is 17.9. The van der Waals surface area contributed by atoms with Gasteiger partial charge in [-0.25, -0.2) is 10.9 Å². The average Bonchev–Trinajstić information content (AvgIpc) is 3.80. The van der Waals surface area contributed by atoms with Crippen LogP contribution < -0.4 is 21.5 Å². The number of thiophene rings is 2. The zero-order valence-electron chi connectivity index (χ0n) is 25.7. The molecule has 10 nitrogen and oxygen atoms in total. The highest BCUT2D eigenvalue weighted by atomic mass is 32.1. The molecule has 0 radical (unpaired) electrons. The lowest BCUT2D eigenvalue weighted by Crippen LogP contribution is -2.19. The number of rotatable bonds is 15. The van der Waals surface area contributed by atoms with Gasteiger partial charge in [-0.1, -0.05) is 49.2 Å². The van der Waals surface area contributed by atoms with E-state index in [0.717, 1.165) is 24.0 Å². The topological polar surface area (TPSA) is 141 Å². The molecule has 4 rings (SSSR count). The van der Waals surface area contributed by atoms with Gasteiger partial charge in [0.2, 0.25) is 11.8 Å². The van der Waals surface area contributed by atoms with Crippen molar-refractivity contribution in [3.63, 3.8) is 0 Å². The summed E-state index contributed by atoms with van der Waals surface area (Å²) in [5.41, 5.74) is 9.31. The molecule has 2 heterocycles. The number of anilines is 2. The van der Waals surface area contributed by atoms with Crippen LogP contribution in [0.2, 0.25) is 0 Å². The molecule has 2 aromatic heterocycles. The number of unbranched alkanes of at least 4 members (excludes halogenated alkanes) is 3. The molecule has 0 aliphatic heterocycles. The Morgan fingerprint density at radius 3 is 1.41 bits per heavy atom. The second-order valence-electron chi connectivity index (χ2n) is 10.4. The summed E-state index contributed by atoms with van der Waals surface area (Å²) in [6, 6.07) is 21.8. The third-order valence-corrected chi connectivity index (χ3v) is 8.56. The Morgan fingerprint density at radius 2 is 1.02 bits per heavy atom. The van der Waals surface area contributed by atoms with Gasteiger partial charge in [0.1, 0.15) is 0 Å². The fourth-order valence-electron chi connectivity index (χ4n) is 4.30. The molecule has 0 spiro atoms. The standard InChI is InChI=1S/C34H36N6O4S2/c1-23(25-11-7-13-27(21-25)35-33(43)29-15-9-19-45-29)37-39-31(41)17-5-3-4-6-18-32(42)40-38-24(2)26-12-8-14-28(22-26)36-34(44)30-16-10-20-46-30/h7-16,19-22H,3-6,17-18H2,1-2H3,(H,35,43)(H,36,44)(H,39,41)(H,40,42)/b37-23+,38-24+. The summed E-state index contributed by atoms with van der Waals surface area (Å²) >= 11 is 2.75. The Hall–Kier alpha value is -4.94. The van der Waals surface area contributed by atoms with Crippen LogP contribution >= 0.6 is 22.7 Å². The van der Waals surface area contributed by atoms with Gasteiger partial charge in [-0.15, -0.1) is 22.7 Å². The highest BCUT2D eigenvalue weighted by molar-refractivity contribution is 7.12. The van der Waals surface area contributed by atoms with Gasteiger partial charge in [-0.05, 0) is 85.0 Å². The number of hydrogen-bond acceptors (Lipinski definition) is 8. The maximum absolute atomic E-state index is 12.3. The number of amides is 4. The van der Waals surface area contributed by atoms with Gasteiger partial charge in [0.25, 0.3) is 11.8 Å². The van der Waals surface area contributed by atoms with E-state index in [1.165, 1.54) is 22.7 Å². The molecule has 0 atom stereocenters. The largest absolute Gasteiger partial charge is 0.321 e. The normalized spacial score (nSPS) is 11.5. The molecule has 4 aromatic rings. The molecule has 12 heteroatoms. The Balaban J connectivity index is 1.10. The summed E-state index contributed by atoms with van der Waals surface area (Å²) in [7, 11) is 0. The van der Waals surface area contributed by atoms with Crippen molar-refractivity contribution in [2.75, 3.05) is 10.6 Å². The number of carbonyl (C=O) groups is 4. The number of nitrogens with one attached hydrogen (secondary N) is 4. The van der Waals surface area contributed by atoms with Crippen LogP contribution in [-0.4, -0.2) is 35.1 Å². The van der Waals surface area contributed by atoms with Gasteiger partial charge in [-0.3, -0.25) is 19.2 Å². The molecular formula is C34H36N6O4S2. The summed E-state index contributed by atoms with van der Waals surface area (Å²) in [6.45, 7) is 3.59. The van der Waals surface area contributed by atoms with Gasteiger partial charge < -0.3 is 10.6 Å². The summed E-state index contributed by atoms with van der Waals surface area (Å²) in [5.74, 6) is -0.704. The van der Waals surface area contributed by atoms with Crippen LogP contribution in [0.25, 0.3) is 0 Å². The molecule has 46 heavy (non-hydrogen) atoms. The minimum absolute atomic E-state index is 0.171. The van der Waals surface area contributed by atoms with Crippen molar-refractivity contribution in [2.24, 2.45) is 10.2 Å². The van der Waals surface area contributed by atoms with Crippen molar-refractivity contribution in [3.05, 3.63) is 104 Å². The quantitative estimate of drug-likeness (QED) is 0.0619. The first-order valence-electron chi connectivity index (χ1n) is 14.9. The lowest BCUT2D eigenvalue weighted by Gasteiger charge is -2.07. The predicted molar refractivity (Wildman–Crippen MR) is 186 cm³/mol. The van der Waals surface area contributed by atoms with Gasteiger partial charge in [-0.2, -0.15) is 10.2 Å². The molecule has 0 saturated heterocycles. The maximum atomic E-state index is 12.3. The van der Waals surface area contributed by atoms with Crippen molar-refractivity contribution in [2.45, 2.75) is 52.4 Å². The molecule has 0 aliphatic carbocycles. The monoisotopic (exact) mass is 656 g/mol. The number of carbonyl (C=O) groups excluding carboxylic acids is 4. The van der Waals surface area contributed by atoms with Gasteiger partial charge >= 0.3 is 0 Å². The first-order chi connectivity index (χ1) is 22.3. The molecule has 238 valence electrons. The third-order valence-electron chi connectivity index (χ3n) is 6.82.